The van der Waals surface area contributed by atoms with Crippen molar-refractivity contribution >= 4 is 5.91 Å². The molecule has 122 valence electrons. The number of carbonyl (C=O) groups is 1. The molecule has 1 saturated carbocycles. The first-order valence-electron chi connectivity index (χ1n) is 8.46. The van der Waals surface area contributed by atoms with Crippen LogP contribution in [0.2, 0.25) is 0 Å². The molecule has 2 fully saturated rings. The van der Waals surface area contributed by atoms with E-state index in [2.05, 4.69) is 26.1 Å². The van der Waals surface area contributed by atoms with Crippen molar-refractivity contribution in [2.45, 2.75) is 52.6 Å². The van der Waals surface area contributed by atoms with Gasteiger partial charge >= 0.3 is 0 Å². The second kappa shape index (κ2) is 7.10. The van der Waals surface area contributed by atoms with Gasteiger partial charge in [0.15, 0.2) is 0 Å². The van der Waals surface area contributed by atoms with Crippen molar-refractivity contribution in [2.75, 3.05) is 33.3 Å². The number of nitrogens with one attached hydrogen (secondary N) is 1. The summed E-state index contributed by atoms with van der Waals surface area (Å²) in [5.74, 6) is 1.38. The van der Waals surface area contributed by atoms with E-state index in [1.807, 2.05) is 11.9 Å². The summed E-state index contributed by atoms with van der Waals surface area (Å²) in [7, 11) is 1.93. The van der Waals surface area contributed by atoms with E-state index < -0.39 is 0 Å². The topological polar surface area (TPSA) is 41.6 Å². The molecule has 1 aliphatic heterocycles. The highest BCUT2D eigenvalue weighted by molar-refractivity contribution is 5.79. The molecule has 1 heterocycles. The number of amides is 1. The van der Waals surface area contributed by atoms with Crippen LogP contribution >= 0.6 is 0 Å². The first kappa shape index (κ1) is 16.8. The summed E-state index contributed by atoms with van der Waals surface area (Å²) in [6.45, 7) is 9.98. The van der Waals surface area contributed by atoms with Crippen molar-refractivity contribution in [2.24, 2.45) is 17.3 Å². The Morgan fingerprint density at radius 1 is 1.24 bits per heavy atom. The van der Waals surface area contributed by atoms with Gasteiger partial charge in [-0.1, -0.05) is 20.8 Å². The number of nitrogens with zero attached hydrogens (tertiary/aromatic N) is 1. The van der Waals surface area contributed by atoms with Crippen LogP contribution < -0.4 is 5.32 Å². The van der Waals surface area contributed by atoms with Crippen LogP contribution in [-0.2, 0) is 9.53 Å². The molecule has 1 saturated heterocycles. The van der Waals surface area contributed by atoms with Crippen LogP contribution in [0.5, 0.6) is 0 Å². The molecule has 1 amide bonds. The van der Waals surface area contributed by atoms with Crippen LogP contribution in [-0.4, -0.2) is 50.2 Å². The van der Waals surface area contributed by atoms with E-state index in [4.69, 9.17) is 4.74 Å². The second-order valence-electron chi connectivity index (χ2n) is 7.75. The Labute approximate surface area is 129 Å². The molecule has 1 aliphatic carbocycles. The fraction of sp³-hybridized carbons (Fsp3) is 0.941. The predicted molar refractivity (Wildman–Crippen MR) is 85.1 cm³/mol. The van der Waals surface area contributed by atoms with Crippen molar-refractivity contribution in [3.63, 3.8) is 0 Å². The molecule has 1 unspecified atom stereocenters. The largest absolute Gasteiger partial charge is 0.373 e. The van der Waals surface area contributed by atoms with E-state index in [0.29, 0.717) is 17.9 Å². The number of hydrogen-bond acceptors (Lipinski definition) is 3. The monoisotopic (exact) mass is 296 g/mol. The molecule has 4 nitrogen and oxygen atoms in total. The van der Waals surface area contributed by atoms with Crippen molar-refractivity contribution < 1.29 is 9.53 Å². The molecule has 0 aromatic heterocycles. The van der Waals surface area contributed by atoms with E-state index in [0.717, 1.165) is 38.4 Å². The maximum Gasteiger partial charge on any atom is 0.225 e. The molecule has 2 aliphatic rings. The van der Waals surface area contributed by atoms with Gasteiger partial charge in [-0.15, -0.1) is 0 Å². The number of rotatable bonds is 3. The third kappa shape index (κ3) is 4.43. The summed E-state index contributed by atoms with van der Waals surface area (Å²) in [6, 6.07) is 0. The van der Waals surface area contributed by atoms with E-state index in [9.17, 15) is 4.79 Å². The second-order valence-corrected chi connectivity index (χ2v) is 7.75. The minimum atomic E-state index is 0.151. The van der Waals surface area contributed by atoms with E-state index >= 15 is 0 Å². The molecule has 0 radical (unpaired) electrons. The minimum Gasteiger partial charge on any atom is -0.373 e. The van der Waals surface area contributed by atoms with Gasteiger partial charge in [0.05, 0.1) is 12.7 Å². The Bertz CT molecular complexity index is 341. The van der Waals surface area contributed by atoms with Crippen LogP contribution in [0.3, 0.4) is 0 Å². The zero-order chi connectivity index (χ0) is 15.5. The van der Waals surface area contributed by atoms with E-state index in [1.165, 1.54) is 12.8 Å². The molecule has 0 aromatic carbocycles. The van der Waals surface area contributed by atoms with E-state index in [1.54, 1.807) is 0 Å². The highest BCUT2D eigenvalue weighted by Crippen LogP contribution is 2.40. The van der Waals surface area contributed by atoms with Crippen molar-refractivity contribution in [1.29, 1.82) is 0 Å². The first-order valence-corrected chi connectivity index (χ1v) is 8.46. The van der Waals surface area contributed by atoms with Crippen LogP contribution in [0.25, 0.3) is 0 Å². The molecule has 0 bridgehead atoms. The lowest BCUT2D eigenvalue weighted by Gasteiger charge is -2.39. The highest BCUT2D eigenvalue weighted by atomic mass is 16.5. The Morgan fingerprint density at radius 3 is 2.48 bits per heavy atom. The number of carbonyl (C=O) groups excluding carboxylic acids is 1. The maximum atomic E-state index is 12.7. The van der Waals surface area contributed by atoms with Gasteiger partial charge in [-0.05, 0) is 44.1 Å². The molecule has 1 atom stereocenters. The summed E-state index contributed by atoms with van der Waals surface area (Å²) < 4.78 is 5.69. The number of morpholine rings is 1. The van der Waals surface area contributed by atoms with Gasteiger partial charge in [0, 0.05) is 25.6 Å². The summed E-state index contributed by atoms with van der Waals surface area (Å²) in [5, 5.41) is 3.14. The zero-order valence-corrected chi connectivity index (χ0v) is 14.2. The lowest BCUT2D eigenvalue weighted by atomic mass is 9.69. The summed E-state index contributed by atoms with van der Waals surface area (Å²) in [5.41, 5.74) is 0.380. The van der Waals surface area contributed by atoms with Crippen molar-refractivity contribution in [3.05, 3.63) is 0 Å². The molecule has 2 rings (SSSR count). The zero-order valence-electron chi connectivity index (χ0n) is 14.2. The predicted octanol–water partition coefficient (Wildman–Crippen LogP) is 2.29. The molecule has 1 N–H and O–H groups in total. The minimum absolute atomic E-state index is 0.151. The highest BCUT2D eigenvalue weighted by Gasteiger charge is 2.35. The van der Waals surface area contributed by atoms with Crippen molar-refractivity contribution in [3.8, 4) is 0 Å². The normalized spacial score (nSPS) is 31.2. The standard InChI is InChI=1S/C17H32N2O2/c1-17(2,3)14-7-5-13(6-8-14)16(20)19-9-10-21-15(12-19)11-18-4/h13-15,18H,5-12H2,1-4H3. The van der Waals surface area contributed by atoms with Crippen molar-refractivity contribution in [1.82, 2.24) is 10.2 Å². The average Bonchev–Trinajstić information content (AvgIpc) is 2.46. The van der Waals surface area contributed by atoms with Gasteiger partial charge in [0.25, 0.3) is 0 Å². The van der Waals surface area contributed by atoms with Crippen LogP contribution in [0.15, 0.2) is 0 Å². The van der Waals surface area contributed by atoms with Gasteiger partial charge in [-0.25, -0.2) is 0 Å². The SMILES string of the molecule is CNCC1CN(C(=O)C2CCC(C(C)(C)C)CC2)CCO1. The Hall–Kier alpha value is -0.610. The number of ether oxygens (including phenoxy) is 1. The van der Waals surface area contributed by atoms with Gasteiger partial charge in [0.1, 0.15) is 0 Å². The maximum absolute atomic E-state index is 12.7. The molecular formula is C17H32N2O2. The van der Waals surface area contributed by atoms with Crippen LogP contribution in [0, 0.1) is 17.3 Å². The summed E-state index contributed by atoms with van der Waals surface area (Å²) in [6.07, 6.45) is 4.68. The first-order chi connectivity index (χ1) is 9.91. The van der Waals surface area contributed by atoms with Gasteiger partial charge in [-0.3, -0.25) is 4.79 Å². The van der Waals surface area contributed by atoms with E-state index in [-0.39, 0.29) is 12.0 Å². The molecule has 21 heavy (non-hydrogen) atoms. The third-order valence-corrected chi connectivity index (χ3v) is 5.18. The quantitative estimate of drug-likeness (QED) is 0.869. The molecular weight excluding hydrogens is 264 g/mol. The smallest absolute Gasteiger partial charge is 0.225 e. The van der Waals surface area contributed by atoms with Gasteiger partial charge in [0.2, 0.25) is 5.91 Å². The Kier molecular flexibility index (Phi) is 5.67. The molecule has 0 aromatic rings. The molecule has 4 heteroatoms. The number of hydrogen-bond donors (Lipinski definition) is 1. The summed E-state index contributed by atoms with van der Waals surface area (Å²) >= 11 is 0. The van der Waals surface area contributed by atoms with Crippen LogP contribution in [0.4, 0.5) is 0 Å². The molecule has 0 spiro atoms. The lowest BCUT2D eigenvalue weighted by molar-refractivity contribution is -0.144. The lowest BCUT2D eigenvalue weighted by Crippen LogP contribution is -2.50. The van der Waals surface area contributed by atoms with Gasteiger partial charge in [-0.2, -0.15) is 0 Å². The third-order valence-electron chi connectivity index (χ3n) is 5.18. The Morgan fingerprint density at radius 2 is 1.90 bits per heavy atom. The Balaban J connectivity index is 1.84. The fourth-order valence-corrected chi connectivity index (χ4v) is 3.74. The number of likely N-dealkylation sites (N-methyl/N-ethyl adjacent to an activating group) is 1. The summed E-state index contributed by atoms with van der Waals surface area (Å²) in [4.78, 5) is 14.7. The van der Waals surface area contributed by atoms with Gasteiger partial charge < -0.3 is 15.0 Å². The average molecular weight is 296 g/mol. The van der Waals surface area contributed by atoms with Crippen LogP contribution in [0.1, 0.15) is 46.5 Å². The fourth-order valence-electron chi connectivity index (χ4n) is 3.74.